The zero-order valence-corrected chi connectivity index (χ0v) is 5.34. The molecular weight excluding hydrogens is 152 g/mol. The lowest BCUT2D eigenvalue weighted by Crippen LogP contribution is -2.18. The molecule has 1 fully saturated rings. The van der Waals surface area contributed by atoms with Gasteiger partial charge in [-0.25, -0.2) is 0 Å². The number of aliphatic imine (C=N–C) groups is 1. The third kappa shape index (κ3) is 0.319. The molecule has 1 atom stereocenters. The van der Waals surface area contributed by atoms with Gasteiger partial charge in [0, 0.05) is 11.8 Å². The van der Waals surface area contributed by atoms with E-state index in [4.69, 9.17) is 4.74 Å². The summed E-state index contributed by atoms with van der Waals surface area (Å²) in [6.45, 7) is 0. The fourth-order valence-corrected chi connectivity index (χ4v) is 1.59. The van der Waals surface area contributed by atoms with Gasteiger partial charge in [-0.15, -0.1) is 0 Å². The third-order valence-corrected chi connectivity index (χ3v) is 2.24. The van der Waals surface area contributed by atoms with Crippen LogP contribution in [0.15, 0.2) is 29.1 Å². The van der Waals surface area contributed by atoms with Gasteiger partial charge in [0.1, 0.15) is 5.71 Å². The maximum atomic E-state index is 12.9. The molecule has 1 aliphatic carbocycles. The second kappa shape index (κ2) is 1.13. The molecule has 0 radical (unpaired) electrons. The molecule has 0 bridgehead atoms. The van der Waals surface area contributed by atoms with Crippen LogP contribution >= 0.6 is 0 Å². The Kier molecular flexibility index (Phi) is 0.561. The molecule has 3 rings (SSSR count). The predicted octanol–water partition coefficient (Wildman–Crippen LogP) is 1.26. The molecule has 3 aliphatic rings. The van der Waals surface area contributed by atoms with E-state index >= 15 is 0 Å². The largest absolute Gasteiger partial charge is 0.477 e. The van der Waals surface area contributed by atoms with E-state index in [-0.39, 0.29) is 5.71 Å². The minimum Gasteiger partial charge on any atom is -0.477 e. The lowest BCUT2D eigenvalue weighted by molar-refractivity contribution is 0.0168. The summed E-state index contributed by atoms with van der Waals surface area (Å²) in [5.74, 6) is -2.86. The Morgan fingerprint density at radius 2 is 2.27 bits per heavy atom. The number of ether oxygens (including phenoxy) is 1. The number of hydrogen-bond donors (Lipinski definition) is 0. The van der Waals surface area contributed by atoms with Gasteiger partial charge in [0.25, 0.3) is 0 Å². The van der Waals surface area contributed by atoms with Crippen molar-refractivity contribution in [1.29, 1.82) is 0 Å². The van der Waals surface area contributed by atoms with Crippen molar-refractivity contribution in [2.45, 2.75) is 11.5 Å². The molecule has 2 nitrogen and oxygen atoms in total. The lowest BCUT2D eigenvalue weighted by Gasteiger charge is -2.05. The van der Waals surface area contributed by atoms with Gasteiger partial charge in [0.05, 0.1) is 6.26 Å². The minimum atomic E-state index is -2.86. The Morgan fingerprint density at radius 1 is 1.45 bits per heavy atom. The SMILES string of the molecule is FC1(F)C2=NC=C3C=COC321. The Hall–Kier alpha value is -1.19. The van der Waals surface area contributed by atoms with Crippen molar-refractivity contribution >= 4 is 5.71 Å². The average Bonchev–Trinajstić information content (AvgIpc) is 2.34. The molecule has 1 spiro atoms. The summed E-state index contributed by atoms with van der Waals surface area (Å²) in [6, 6.07) is 0. The molecule has 11 heavy (non-hydrogen) atoms. The maximum absolute atomic E-state index is 12.9. The molecule has 1 saturated carbocycles. The number of nitrogens with zero attached hydrogens (tertiary/aromatic N) is 1. The van der Waals surface area contributed by atoms with Crippen LogP contribution in [-0.2, 0) is 4.74 Å². The van der Waals surface area contributed by atoms with E-state index in [9.17, 15) is 8.78 Å². The highest BCUT2D eigenvalue weighted by atomic mass is 19.3. The average molecular weight is 155 g/mol. The first kappa shape index (κ1) is 5.46. The molecule has 1 unspecified atom stereocenters. The van der Waals surface area contributed by atoms with E-state index in [0.29, 0.717) is 5.57 Å². The van der Waals surface area contributed by atoms with E-state index in [2.05, 4.69) is 4.99 Å². The van der Waals surface area contributed by atoms with Crippen molar-refractivity contribution in [2.24, 2.45) is 4.99 Å². The van der Waals surface area contributed by atoms with Crippen LogP contribution in [0.25, 0.3) is 0 Å². The van der Waals surface area contributed by atoms with Gasteiger partial charge in [-0.3, -0.25) is 4.99 Å². The van der Waals surface area contributed by atoms with E-state index in [1.165, 1.54) is 18.5 Å². The Morgan fingerprint density at radius 3 is 2.91 bits per heavy atom. The smallest absolute Gasteiger partial charge is 0.339 e. The van der Waals surface area contributed by atoms with E-state index in [1.54, 1.807) is 0 Å². The van der Waals surface area contributed by atoms with Crippen molar-refractivity contribution < 1.29 is 13.5 Å². The van der Waals surface area contributed by atoms with Crippen LogP contribution in [0, 0.1) is 0 Å². The fourth-order valence-electron chi connectivity index (χ4n) is 1.59. The number of rotatable bonds is 0. The standard InChI is InChI=1S/C7H3F2NO/c8-7(9)5-6(7)4(3-10-5)1-2-11-6/h1-3H. The van der Waals surface area contributed by atoms with Crippen molar-refractivity contribution in [3.8, 4) is 0 Å². The van der Waals surface area contributed by atoms with Crippen LogP contribution in [0.3, 0.4) is 0 Å². The van der Waals surface area contributed by atoms with E-state index in [1.807, 2.05) is 0 Å². The first-order chi connectivity index (χ1) is 5.19. The third-order valence-electron chi connectivity index (χ3n) is 2.24. The molecule has 2 heterocycles. The summed E-state index contributed by atoms with van der Waals surface area (Å²) in [7, 11) is 0. The van der Waals surface area contributed by atoms with Crippen LogP contribution in [0.4, 0.5) is 8.78 Å². The predicted molar refractivity (Wildman–Crippen MR) is 33.4 cm³/mol. The van der Waals surface area contributed by atoms with Crippen LogP contribution in [0.2, 0.25) is 0 Å². The quantitative estimate of drug-likeness (QED) is 0.516. The van der Waals surface area contributed by atoms with Crippen molar-refractivity contribution in [2.75, 3.05) is 0 Å². The van der Waals surface area contributed by atoms with Gasteiger partial charge in [-0.05, 0) is 6.08 Å². The summed E-state index contributed by atoms with van der Waals surface area (Å²) >= 11 is 0. The Bertz CT molecular complexity index is 342. The lowest BCUT2D eigenvalue weighted by atomic mass is 10.1. The molecule has 0 N–H and O–H groups in total. The van der Waals surface area contributed by atoms with E-state index < -0.39 is 11.5 Å². The maximum Gasteiger partial charge on any atom is 0.339 e. The number of hydrogen-bond acceptors (Lipinski definition) is 2. The molecule has 0 aromatic rings. The summed E-state index contributed by atoms with van der Waals surface area (Å²) in [6.07, 6.45) is 4.25. The van der Waals surface area contributed by atoms with Crippen molar-refractivity contribution in [1.82, 2.24) is 0 Å². The van der Waals surface area contributed by atoms with Gasteiger partial charge >= 0.3 is 5.92 Å². The Labute approximate surface area is 60.9 Å². The minimum absolute atomic E-state index is 0.148. The molecule has 2 aliphatic heterocycles. The van der Waals surface area contributed by atoms with Gasteiger partial charge in [0.2, 0.25) is 5.60 Å². The summed E-state index contributed by atoms with van der Waals surface area (Å²) < 4.78 is 30.5. The van der Waals surface area contributed by atoms with Gasteiger partial charge in [0.15, 0.2) is 0 Å². The summed E-state index contributed by atoms with van der Waals surface area (Å²) in [4.78, 5) is 3.57. The second-order valence-electron chi connectivity index (χ2n) is 2.74. The molecule has 0 aromatic carbocycles. The normalized spacial score (nSPS) is 40.5. The van der Waals surface area contributed by atoms with Gasteiger partial charge in [-0.1, -0.05) is 0 Å². The summed E-state index contributed by atoms with van der Waals surface area (Å²) in [5, 5.41) is 0. The highest BCUT2D eigenvalue weighted by molar-refractivity contribution is 6.22. The zero-order valence-electron chi connectivity index (χ0n) is 5.34. The molecule has 0 aromatic heterocycles. The first-order valence-electron chi connectivity index (χ1n) is 3.21. The topological polar surface area (TPSA) is 21.6 Å². The first-order valence-corrected chi connectivity index (χ1v) is 3.21. The molecule has 56 valence electrons. The molecule has 0 amide bonds. The zero-order chi connectivity index (χ0) is 7.69. The van der Waals surface area contributed by atoms with Crippen LogP contribution in [-0.4, -0.2) is 17.2 Å². The number of halogens is 2. The monoisotopic (exact) mass is 155 g/mol. The van der Waals surface area contributed by atoms with Crippen molar-refractivity contribution in [3.05, 3.63) is 24.1 Å². The molecule has 4 heteroatoms. The van der Waals surface area contributed by atoms with Crippen molar-refractivity contribution in [3.63, 3.8) is 0 Å². The highest BCUT2D eigenvalue weighted by Gasteiger charge is 2.85. The Balaban J connectivity index is 2.22. The molecule has 0 saturated heterocycles. The molecular formula is C7H3F2NO. The summed E-state index contributed by atoms with van der Waals surface area (Å²) in [5.41, 5.74) is -1.14. The highest BCUT2D eigenvalue weighted by Crippen LogP contribution is 2.61. The van der Waals surface area contributed by atoms with Crippen LogP contribution < -0.4 is 0 Å². The van der Waals surface area contributed by atoms with Crippen LogP contribution in [0.1, 0.15) is 0 Å². The second-order valence-corrected chi connectivity index (χ2v) is 2.74. The van der Waals surface area contributed by atoms with Gasteiger partial charge < -0.3 is 4.74 Å². The van der Waals surface area contributed by atoms with E-state index in [0.717, 1.165) is 0 Å². The fraction of sp³-hybridized carbons (Fsp3) is 0.286. The van der Waals surface area contributed by atoms with Gasteiger partial charge in [-0.2, -0.15) is 8.78 Å². The number of alkyl halides is 2. The van der Waals surface area contributed by atoms with Crippen LogP contribution in [0.5, 0.6) is 0 Å².